The lowest BCUT2D eigenvalue weighted by Crippen LogP contribution is -2.39. The van der Waals surface area contributed by atoms with E-state index in [1.54, 1.807) is 30.5 Å². The predicted molar refractivity (Wildman–Crippen MR) is 94.8 cm³/mol. The molecule has 0 aromatic heterocycles. The van der Waals surface area contributed by atoms with Gasteiger partial charge >= 0.3 is 0 Å². The molecular weight excluding hydrogens is 362 g/mol. The number of carbonyl (C=O) groups is 2. The summed E-state index contributed by atoms with van der Waals surface area (Å²) >= 11 is 0. The minimum Gasteiger partial charge on any atom is -0.357 e. The van der Waals surface area contributed by atoms with Crippen molar-refractivity contribution in [3.8, 4) is 0 Å². The maximum atomic E-state index is 13.5. The first kappa shape index (κ1) is 19.7. The van der Waals surface area contributed by atoms with Gasteiger partial charge in [-0.25, -0.2) is 8.78 Å². The average molecular weight is 380 g/mol. The number of hydrogen-bond donors (Lipinski definition) is 2. The van der Waals surface area contributed by atoms with Gasteiger partial charge in [0, 0.05) is 35.4 Å². The minimum absolute atomic E-state index is 0.113. The van der Waals surface area contributed by atoms with E-state index in [1.165, 1.54) is 13.1 Å². The van der Waals surface area contributed by atoms with E-state index in [4.69, 9.17) is 0 Å². The Morgan fingerprint density at radius 3 is 2.46 bits per heavy atom. The number of rotatable bonds is 6. The Hall–Kier alpha value is -2.61. The standard InChI is InChI=1S/C18H18F2N2O3S/c1-21-18(24)16(12-6-7-14(19)15(20)9-12)22-17(23)13-5-3-4-11(8-13)10-26(2)25/h3-9,16H,10H2,1-2H3,(H,21,24)(H,22,23). The van der Waals surface area contributed by atoms with Gasteiger partial charge in [-0.2, -0.15) is 0 Å². The summed E-state index contributed by atoms with van der Waals surface area (Å²) in [5.74, 6) is -3.00. The maximum Gasteiger partial charge on any atom is 0.252 e. The van der Waals surface area contributed by atoms with Gasteiger partial charge < -0.3 is 10.6 Å². The monoisotopic (exact) mass is 380 g/mol. The van der Waals surface area contributed by atoms with Crippen LogP contribution in [0.4, 0.5) is 8.78 Å². The summed E-state index contributed by atoms with van der Waals surface area (Å²) in [5, 5.41) is 4.89. The van der Waals surface area contributed by atoms with Crippen LogP contribution in [0.5, 0.6) is 0 Å². The molecule has 0 fully saturated rings. The first-order valence-corrected chi connectivity index (χ1v) is 9.41. The van der Waals surface area contributed by atoms with Crippen molar-refractivity contribution in [2.75, 3.05) is 13.3 Å². The van der Waals surface area contributed by atoms with Crippen molar-refractivity contribution in [1.29, 1.82) is 0 Å². The van der Waals surface area contributed by atoms with Crippen LogP contribution in [0.25, 0.3) is 0 Å². The van der Waals surface area contributed by atoms with E-state index < -0.39 is 40.3 Å². The molecule has 26 heavy (non-hydrogen) atoms. The summed E-state index contributed by atoms with van der Waals surface area (Å²) in [7, 11) is 0.308. The van der Waals surface area contributed by atoms with Crippen molar-refractivity contribution in [3.05, 3.63) is 70.8 Å². The van der Waals surface area contributed by atoms with Crippen LogP contribution < -0.4 is 10.6 Å². The maximum absolute atomic E-state index is 13.5. The number of halogens is 2. The molecule has 0 bridgehead atoms. The molecular formula is C18H18F2N2O3S. The zero-order valence-corrected chi connectivity index (χ0v) is 15.0. The van der Waals surface area contributed by atoms with Gasteiger partial charge in [0.1, 0.15) is 6.04 Å². The number of likely N-dealkylation sites (N-methyl/N-ethyl adjacent to an activating group) is 1. The van der Waals surface area contributed by atoms with Gasteiger partial charge in [-0.15, -0.1) is 0 Å². The van der Waals surface area contributed by atoms with Gasteiger partial charge in [-0.05, 0) is 35.4 Å². The zero-order chi connectivity index (χ0) is 19.3. The number of benzene rings is 2. The highest BCUT2D eigenvalue weighted by Gasteiger charge is 2.23. The van der Waals surface area contributed by atoms with Crippen LogP contribution in [0, 0.1) is 11.6 Å². The lowest BCUT2D eigenvalue weighted by Gasteiger charge is -2.18. The molecule has 0 aliphatic carbocycles. The number of hydrogen-bond acceptors (Lipinski definition) is 3. The molecule has 0 heterocycles. The van der Waals surface area contributed by atoms with Gasteiger partial charge in [0.25, 0.3) is 5.91 Å². The molecule has 0 aliphatic rings. The fourth-order valence-electron chi connectivity index (χ4n) is 2.39. The first-order valence-electron chi connectivity index (χ1n) is 7.68. The highest BCUT2D eigenvalue weighted by molar-refractivity contribution is 7.83. The van der Waals surface area contributed by atoms with Crippen LogP contribution in [-0.4, -0.2) is 29.3 Å². The number of nitrogens with one attached hydrogen (secondary N) is 2. The van der Waals surface area contributed by atoms with E-state index in [0.29, 0.717) is 11.3 Å². The van der Waals surface area contributed by atoms with Crippen LogP contribution >= 0.6 is 0 Å². The fourth-order valence-corrected chi connectivity index (χ4v) is 3.04. The summed E-state index contributed by atoms with van der Waals surface area (Å²) in [4.78, 5) is 24.6. The molecule has 2 aromatic rings. The summed E-state index contributed by atoms with van der Waals surface area (Å²) in [6, 6.07) is 8.30. The van der Waals surface area contributed by atoms with Gasteiger partial charge in [0.2, 0.25) is 5.91 Å². The smallest absolute Gasteiger partial charge is 0.252 e. The third kappa shape index (κ3) is 4.95. The lowest BCUT2D eigenvalue weighted by atomic mass is 10.0. The second kappa shape index (κ2) is 8.66. The minimum atomic E-state index is -1.19. The van der Waals surface area contributed by atoms with E-state index in [0.717, 1.165) is 12.1 Å². The summed E-state index contributed by atoms with van der Waals surface area (Å²) in [5.41, 5.74) is 1.09. The molecule has 0 radical (unpaired) electrons. The van der Waals surface area contributed by atoms with Crippen LogP contribution in [0.2, 0.25) is 0 Å². The molecule has 2 rings (SSSR count). The van der Waals surface area contributed by atoms with E-state index in [2.05, 4.69) is 10.6 Å². The third-order valence-electron chi connectivity index (χ3n) is 3.62. The van der Waals surface area contributed by atoms with Gasteiger partial charge in [-0.1, -0.05) is 18.2 Å². The second-order valence-corrected chi connectivity index (χ2v) is 7.05. The molecule has 0 spiro atoms. The highest BCUT2D eigenvalue weighted by atomic mass is 32.2. The largest absolute Gasteiger partial charge is 0.357 e. The summed E-state index contributed by atoms with van der Waals surface area (Å²) < 4.78 is 38.0. The first-order chi connectivity index (χ1) is 12.3. The molecule has 8 heteroatoms. The molecule has 0 saturated carbocycles. The van der Waals surface area contributed by atoms with Crippen LogP contribution in [0.15, 0.2) is 42.5 Å². The number of carbonyl (C=O) groups excluding carboxylic acids is 2. The van der Waals surface area contributed by atoms with E-state index in [9.17, 15) is 22.6 Å². The van der Waals surface area contributed by atoms with Crippen molar-refractivity contribution in [2.45, 2.75) is 11.8 Å². The Kier molecular flexibility index (Phi) is 6.57. The Balaban J connectivity index is 2.28. The molecule has 2 N–H and O–H groups in total. The van der Waals surface area contributed by atoms with Crippen molar-refractivity contribution in [2.24, 2.45) is 0 Å². The molecule has 0 saturated heterocycles. The van der Waals surface area contributed by atoms with E-state index >= 15 is 0 Å². The Morgan fingerprint density at radius 2 is 1.85 bits per heavy atom. The highest BCUT2D eigenvalue weighted by Crippen LogP contribution is 2.18. The average Bonchev–Trinajstić information content (AvgIpc) is 2.61. The molecule has 2 atom stereocenters. The van der Waals surface area contributed by atoms with Gasteiger partial charge in [-0.3, -0.25) is 13.8 Å². The zero-order valence-electron chi connectivity index (χ0n) is 14.2. The van der Waals surface area contributed by atoms with Gasteiger partial charge in [0.05, 0.1) is 0 Å². The van der Waals surface area contributed by atoms with Crippen LogP contribution in [-0.2, 0) is 21.3 Å². The van der Waals surface area contributed by atoms with E-state index in [-0.39, 0.29) is 11.1 Å². The normalized spacial score (nSPS) is 12.9. The summed E-state index contributed by atoms with van der Waals surface area (Å²) in [6.45, 7) is 0. The Bertz CT molecular complexity index is 858. The van der Waals surface area contributed by atoms with Crippen LogP contribution in [0.1, 0.15) is 27.5 Å². The molecule has 2 aromatic carbocycles. The topological polar surface area (TPSA) is 75.3 Å². The third-order valence-corrected chi connectivity index (χ3v) is 4.36. The van der Waals surface area contributed by atoms with Crippen molar-refractivity contribution in [3.63, 3.8) is 0 Å². The van der Waals surface area contributed by atoms with Gasteiger partial charge in [0.15, 0.2) is 11.6 Å². The molecule has 2 amide bonds. The second-order valence-electron chi connectivity index (χ2n) is 5.61. The molecule has 5 nitrogen and oxygen atoms in total. The molecule has 2 unspecified atom stereocenters. The molecule has 138 valence electrons. The van der Waals surface area contributed by atoms with Crippen molar-refractivity contribution in [1.82, 2.24) is 10.6 Å². The predicted octanol–water partition coefficient (Wildman–Crippen LogP) is 2.06. The van der Waals surface area contributed by atoms with E-state index in [1.807, 2.05) is 0 Å². The Morgan fingerprint density at radius 1 is 1.12 bits per heavy atom. The summed E-state index contributed by atoms with van der Waals surface area (Å²) in [6.07, 6.45) is 1.55. The Labute approximate surface area is 152 Å². The van der Waals surface area contributed by atoms with Crippen LogP contribution in [0.3, 0.4) is 0 Å². The lowest BCUT2D eigenvalue weighted by molar-refractivity contribution is -0.122. The molecule has 0 aliphatic heterocycles. The van der Waals surface area contributed by atoms with Crippen molar-refractivity contribution >= 4 is 22.6 Å². The quantitative estimate of drug-likeness (QED) is 0.806. The number of amides is 2. The fraction of sp³-hybridized carbons (Fsp3) is 0.222. The van der Waals surface area contributed by atoms with Crippen molar-refractivity contribution < 1.29 is 22.6 Å². The SMILES string of the molecule is CNC(=O)C(NC(=O)c1cccc(CS(C)=O)c1)c1ccc(F)c(F)c1.